The third kappa shape index (κ3) is 1.33. The van der Waals surface area contributed by atoms with E-state index in [1.165, 1.54) is 55.4 Å². The third-order valence-corrected chi connectivity index (χ3v) is 5.10. The van der Waals surface area contributed by atoms with Gasteiger partial charge >= 0.3 is 0 Å². The van der Waals surface area contributed by atoms with E-state index in [1.807, 2.05) is 0 Å². The van der Waals surface area contributed by atoms with Crippen molar-refractivity contribution in [3.8, 4) is 0 Å². The summed E-state index contributed by atoms with van der Waals surface area (Å²) in [6.45, 7) is 15.5. The second kappa shape index (κ2) is 3.69. The molecule has 1 heterocycles. The molecule has 0 fully saturated rings. The maximum Gasteiger partial charge on any atom is 0.0749 e. The summed E-state index contributed by atoms with van der Waals surface area (Å²) in [6.07, 6.45) is 0. The molecule has 3 rings (SSSR count). The summed E-state index contributed by atoms with van der Waals surface area (Å²) in [5.74, 6) is 0. The zero-order valence-corrected chi connectivity index (χ0v) is 12.9. The van der Waals surface area contributed by atoms with Gasteiger partial charge in [0.15, 0.2) is 0 Å². The van der Waals surface area contributed by atoms with E-state index in [2.05, 4.69) is 48.5 Å². The predicted molar refractivity (Wildman–Crippen MR) is 83.6 cm³/mol. The molecule has 0 radical (unpaired) electrons. The van der Waals surface area contributed by atoms with Crippen LogP contribution in [0, 0.1) is 34.6 Å². The second-order valence-corrected chi connectivity index (χ2v) is 5.92. The largest absolute Gasteiger partial charge is 0.253 e. The summed E-state index contributed by atoms with van der Waals surface area (Å²) >= 11 is 0. The minimum Gasteiger partial charge on any atom is -0.253 e. The van der Waals surface area contributed by atoms with Gasteiger partial charge in [0.2, 0.25) is 0 Å². The Morgan fingerprint density at radius 2 is 1.11 bits per heavy atom. The van der Waals surface area contributed by atoms with E-state index < -0.39 is 0 Å². The maximum absolute atomic E-state index is 4.88. The van der Waals surface area contributed by atoms with E-state index in [1.54, 1.807) is 0 Å². The van der Waals surface area contributed by atoms with Crippen molar-refractivity contribution in [3.05, 3.63) is 39.1 Å². The first-order chi connectivity index (χ1) is 8.86. The summed E-state index contributed by atoms with van der Waals surface area (Å²) in [4.78, 5) is 4.88. The summed E-state index contributed by atoms with van der Waals surface area (Å²) < 4.78 is 0. The highest BCUT2D eigenvalue weighted by Crippen LogP contribution is 2.46. The van der Waals surface area contributed by atoms with Gasteiger partial charge < -0.3 is 0 Å². The highest BCUT2D eigenvalue weighted by atomic mass is 14.7. The van der Waals surface area contributed by atoms with Crippen LogP contribution in [-0.2, 0) is 0 Å². The third-order valence-electron chi connectivity index (χ3n) is 5.10. The fourth-order valence-corrected chi connectivity index (χ4v) is 3.46. The number of aromatic nitrogens is 1. The lowest BCUT2D eigenvalue weighted by Crippen LogP contribution is -2.00. The molecule has 0 saturated heterocycles. The van der Waals surface area contributed by atoms with Gasteiger partial charge in [-0.2, -0.15) is 0 Å². The van der Waals surface area contributed by atoms with Crippen molar-refractivity contribution < 1.29 is 0 Å². The van der Waals surface area contributed by atoms with E-state index in [-0.39, 0.29) is 0 Å². The molecule has 0 amide bonds. The zero-order chi connectivity index (χ0) is 14.1. The molecule has 0 N–H and O–H groups in total. The molecule has 0 bridgehead atoms. The smallest absolute Gasteiger partial charge is 0.0749 e. The van der Waals surface area contributed by atoms with E-state index in [0.717, 1.165) is 5.69 Å². The number of aryl methyl sites for hydroxylation is 2. The molecule has 2 aromatic rings. The van der Waals surface area contributed by atoms with Crippen LogP contribution in [0.4, 0.5) is 0 Å². The van der Waals surface area contributed by atoms with Crippen molar-refractivity contribution in [3.63, 3.8) is 0 Å². The molecule has 1 heteroatoms. The summed E-state index contributed by atoms with van der Waals surface area (Å²) in [5.41, 5.74) is 13.6. The quantitative estimate of drug-likeness (QED) is 0.639. The van der Waals surface area contributed by atoms with Crippen molar-refractivity contribution >= 4 is 22.0 Å². The van der Waals surface area contributed by atoms with Gasteiger partial charge in [-0.05, 0) is 93.0 Å². The average Bonchev–Trinajstić information content (AvgIpc) is 2.63. The second-order valence-electron chi connectivity index (χ2n) is 5.92. The standard InChI is InChI=1S/C18H21N/c1-8-9(2)15-10(3)11(4)16-13(6)14(7)19-18(12(8)5)17(15)16/h1-7H3. The summed E-state index contributed by atoms with van der Waals surface area (Å²) in [6, 6.07) is 0. The first-order valence-electron chi connectivity index (χ1n) is 6.95. The van der Waals surface area contributed by atoms with Gasteiger partial charge in [-0.15, -0.1) is 0 Å². The number of benzene rings is 1. The van der Waals surface area contributed by atoms with Crippen LogP contribution in [0.5, 0.6) is 0 Å². The van der Waals surface area contributed by atoms with Crippen LogP contribution in [0.3, 0.4) is 0 Å². The van der Waals surface area contributed by atoms with Gasteiger partial charge in [0.05, 0.1) is 5.52 Å². The van der Waals surface area contributed by atoms with Crippen LogP contribution in [0.1, 0.15) is 52.9 Å². The average molecular weight is 251 g/mol. The van der Waals surface area contributed by atoms with Gasteiger partial charge in [-0.3, -0.25) is 4.98 Å². The van der Waals surface area contributed by atoms with Crippen molar-refractivity contribution in [1.82, 2.24) is 4.98 Å². The summed E-state index contributed by atoms with van der Waals surface area (Å²) in [5, 5.41) is 1.39. The van der Waals surface area contributed by atoms with E-state index in [9.17, 15) is 0 Å². The SMILES string of the molecule is CC1=C(C)c2c(C)c(C)c(C)c3nc(C)c(C)c1c23. The normalized spacial score (nSPS) is 13.8. The van der Waals surface area contributed by atoms with Crippen LogP contribution in [0.2, 0.25) is 0 Å². The predicted octanol–water partition coefficient (Wildman–Crippen LogP) is 5.04. The Kier molecular flexibility index (Phi) is 2.41. The van der Waals surface area contributed by atoms with E-state index in [0.29, 0.717) is 0 Å². The minimum atomic E-state index is 1.16. The van der Waals surface area contributed by atoms with Crippen molar-refractivity contribution in [2.24, 2.45) is 0 Å². The molecule has 0 spiro atoms. The molecule has 1 nitrogen and oxygen atoms in total. The van der Waals surface area contributed by atoms with Crippen LogP contribution in [0.25, 0.3) is 22.0 Å². The van der Waals surface area contributed by atoms with Crippen LogP contribution >= 0.6 is 0 Å². The molecule has 0 aliphatic heterocycles. The lowest BCUT2D eigenvalue weighted by atomic mass is 9.91. The fourth-order valence-electron chi connectivity index (χ4n) is 3.46. The number of hydrogen-bond donors (Lipinski definition) is 0. The topological polar surface area (TPSA) is 12.9 Å². The van der Waals surface area contributed by atoms with Gasteiger partial charge in [0.1, 0.15) is 0 Å². The highest BCUT2D eigenvalue weighted by Gasteiger charge is 2.26. The number of rotatable bonds is 0. The molecule has 1 aliphatic rings. The van der Waals surface area contributed by atoms with Gasteiger partial charge in [-0.25, -0.2) is 0 Å². The number of nitrogens with zero attached hydrogens (tertiary/aromatic N) is 1. The van der Waals surface area contributed by atoms with Crippen molar-refractivity contribution in [2.45, 2.75) is 48.5 Å². The molecule has 98 valence electrons. The molecule has 1 aliphatic carbocycles. The van der Waals surface area contributed by atoms with Gasteiger partial charge in [-0.1, -0.05) is 0 Å². The number of hydrogen-bond acceptors (Lipinski definition) is 1. The Morgan fingerprint density at radius 1 is 0.579 bits per heavy atom. The lowest BCUT2D eigenvalue weighted by Gasteiger charge is -2.16. The number of allylic oxidation sites excluding steroid dienone is 2. The first-order valence-corrected chi connectivity index (χ1v) is 6.95. The van der Waals surface area contributed by atoms with Crippen molar-refractivity contribution in [2.75, 3.05) is 0 Å². The molecular weight excluding hydrogens is 230 g/mol. The minimum absolute atomic E-state index is 1.16. The molecule has 19 heavy (non-hydrogen) atoms. The zero-order valence-electron chi connectivity index (χ0n) is 12.9. The van der Waals surface area contributed by atoms with Crippen LogP contribution in [0.15, 0.2) is 0 Å². The van der Waals surface area contributed by atoms with E-state index in [4.69, 9.17) is 4.98 Å². The fraction of sp³-hybridized carbons (Fsp3) is 0.389. The highest BCUT2D eigenvalue weighted by molar-refractivity contribution is 6.14. The maximum atomic E-state index is 4.88. The molecule has 0 unspecified atom stereocenters. The monoisotopic (exact) mass is 251 g/mol. The molecule has 1 aromatic carbocycles. The lowest BCUT2D eigenvalue weighted by molar-refractivity contribution is 1.16. The van der Waals surface area contributed by atoms with Crippen LogP contribution in [-0.4, -0.2) is 4.98 Å². The Morgan fingerprint density at radius 3 is 1.68 bits per heavy atom. The Balaban J connectivity index is 2.70. The summed E-state index contributed by atoms with van der Waals surface area (Å²) in [7, 11) is 0. The first kappa shape index (κ1) is 12.4. The van der Waals surface area contributed by atoms with Crippen LogP contribution < -0.4 is 0 Å². The molecular formula is C18H21N. The van der Waals surface area contributed by atoms with Crippen molar-refractivity contribution in [1.29, 1.82) is 0 Å². The number of pyridine rings is 1. The van der Waals surface area contributed by atoms with Gasteiger partial charge in [0, 0.05) is 11.1 Å². The molecule has 0 atom stereocenters. The molecule has 0 saturated carbocycles. The van der Waals surface area contributed by atoms with E-state index >= 15 is 0 Å². The Bertz CT molecular complexity index is 758. The van der Waals surface area contributed by atoms with Gasteiger partial charge in [0.25, 0.3) is 0 Å². The Hall–Kier alpha value is -1.63. The molecule has 1 aromatic heterocycles. The Labute approximate surface area is 115 Å².